The molecule has 0 unspecified atom stereocenters. The minimum atomic E-state index is 0.281. The average molecular weight is 322 g/mol. The van der Waals surface area contributed by atoms with E-state index >= 15 is 0 Å². The molecular formula is C18H18N4O2. The fraction of sp³-hybridized carbons (Fsp3) is 0.111. The number of oxazole rings is 1. The number of benzene rings is 2. The van der Waals surface area contributed by atoms with Crippen LogP contribution in [0.1, 0.15) is 5.69 Å². The van der Waals surface area contributed by atoms with E-state index in [4.69, 9.17) is 14.9 Å². The van der Waals surface area contributed by atoms with Gasteiger partial charge < -0.3 is 20.2 Å². The predicted molar refractivity (Wildman–Crippen MR) is 93.9 cm³/mol. The molecule has 0 saturated heterocycles. The summed E-state index contributed by atoms with van der Waals surface area (Å²) in [5, 5.41) is 3.01. The van der Waals surface area contributed by atoms with E-state index in [2.05, 4.69) is 15.3 Å². The van der Waals surface area contributed by atoms with E-state index in [1.165, 1.54) is 0 Å². The van der Waals surface area contributed by atoms with Crippen LogP contribution in [0.2, 0.25) is 0 Å². The van der Waals surface area contributed by atoms with E-state index < -0.39 is 0 Å². The summed E-state index contributed by atoms with van der Waals surface area (Å²) < 4.78 is 10.7. The number of nitrogens with zero attached hydrogens (tertiary/aromatic N) is 2. The molecule has 0 radical (unpaired) electrons. The number of para-hydroxylation sites is 2. The highest BCUT2D eigenvalue weighted by Crippen LogP contribution is 2.22. The first kappa shape index (κ1) is 15.6. The third-order valence-corrected chi connectivity index (χ3v) is 3.35. The van der Waals surface area contributed by atoms with Gasteiger partial charge in [0.2, 0.25) is 5.89 Å². The Balaban J connectivity index is 1.66. The standard InChI is InChI=1S/C18H18N4O2/c1-23-16-10-6-5-9-15(16)22-18(19)20-11-14-12-24-17(21-14)13-7-3-2-4-8-13/h2-10,12H,11H2,1H3,(H3,19,20,22). The van der Waals surface area contributed by atoms with Crippen molar-refractivity contribution in [3.05, 3.63) is 66.6 Å². The summed E-state index contributed by atoms with van der Waals surface area (Å²) in [6.07, 6.45) is 1.59. The summed E-state index contributed by atoms with van der Waals surface area (Å²) in [5.41, 5.74) is 8.31. The molecule has 0 atom stereocenters. The molecule has 0 fully saturated rings. The lowest BCUT2D eigenvalue weighted by Crippen LogP contribution is -2.22. The monoisotopic (exact) mass is 322 g/mol. The molecule has 0 aliphatic carbocycles. The molecule has 1 aromatic heterocycles. The average Bonchev–Trinajstić information content (AvgIpc) is 3.10. The minimum absolute atomic E-state index is 0.281. The van der Waals surface area contributed by atoms with Crippen LogP contribution in [-0.4, -0.2) is 18.1 Å². The van der Waals surface area contributed by atoms with Gasteiger partial charge in [-0.05, 0) is 24.3 Å². The normalized spacial score (nSPS) is 11.3. The Morgan fingerprint density at radius 2 is 1.92 bits per heavy atom. The number of nitrogens with one attached hydrogen (secondary N) is 1. The van der Waals surface area contributed by atoms with E-state index in [0.717, 1.165) is 11.3 Å². The van der Waals surface area contributed by atoms with Crippen molar-refractivity contribution >= 4 is 11.6 Å². The van der Waals surface area contributed by atoms with Crippen LogP contribution in [0.4, 0.5) is 5.69 Å². The van der Waals surface area contributed by atoms with Crippen molar-refractivity contribution in [1.82, 2.24) is 4.98 Å². The van der Waals surface area contributed by atoms with Crippen molar-refractivity contribution in [1.29, 1.82) is 0 Å². The molecule has 0 spiro atoms. The fourth-order valence-corrected chi connectivity index (χ4v) is 2.18. The number of hydrogen-bond acceptors (Lipinski definition) is 4. The number of nitrogens with two attached hydrogens (primary N) is 1. The second kappa shape index (κ2) is 7.32. The van der Waals surface area contributed by atoms with Gasteiger partial charge in [0.15, 0.2) is 5.96 Å². The largest absolute Gasteiger partial charge is 0.495 e. The number of methoxy groups -OCH3 is 1. The first-order valence-corrected chi connectivity index (χ1v) is 7.46. The Kier molecular flexibility index (Phi) is 4.76. The molecule has 2 aromatic carbocycles. The van der Waals surface area contributed by atoms with Crippen LogP contribution >= 0.6 is 0 Å². The molecule has 3 rings (SSSR count). The zero-order valence-electron chi connectivity index (χ0n) is 13.3. The Labute approximate surface area is 140 Å². The minimum Gasteiger partial charge on any atom is -0.495 e. The number of ether oxygens (including phenoxy) is 1. The molecule has 0 bridgehead atoms. The zero-order chi connectivity index (χ0) is 16.8. The summed E-state index contributed by atoms with van der Waals surface area (Å²) >= 11 is 0. The second-order valence-electron chi connectivity index (χ2n) is 5.04. The van der Waals surface area contributed by atoms with Crippen LogP contribution in [0, 0.1) is 0 Å². The highest BCUT2D eigenvalue weighted by Gasteiger charge is 2.06. The summed E-state index contributed by atoms with van der Waals surface area (Å²) in [6.45, 7) is 0.324. The van der Waals surface area contributed by atoms with Gasteiger partial charge in [-0.25, -0.2) is 9.98 Å². The molecule has 122 valence electrons. The van der Waals surface area contributed by atoms with Gasteiger partial charge in [-0.3, -0.25) is 0 Å². The van der Waals surface area contributed by atoms with Gasteiger partial charge in [0.05, 0.1) is 19.3 Å². The lowest BCUT2D eigenvalue weighted by Gasteiger charge is -2.09. The molecule has 0 aliphatic rings. The summed E-state index contributed by atoms with van der Waals surface area (Å²) in [5.74, 6) is 1.55. The van der Waals surface area contributed by atoms with E-state index in [-0.39, 0.29) is 5.96 Å². The van der Waals surface area contributed by atoms with E-state index in [0.29, 0.717) is 23.9 Å². The maximum Gasteiger partial charge on any atom is 0.226 e. The molecule has 0 aliphatic heterocycles. The first-order valence-electron chi connectivity index (χ1n) is 7.46. The van der Waals surface area contributed by atoms with Gasteiger partial charge >= 0.3 is 0 Å². The maximum absolute atomic E-state index is 5.92. The van der Waals surface area contributed by atoms with Crippen LogP contribution in [-0.2, 0) is 6.54 Å². The van der Waals surface area contributed by atoms with Gasteiger partial charge in [0, 0.05) is 5.56 Å². The highest BCUT2D eigenvalue weighted by molar-refractivity contribution is 5.93. The molecule has 6 heteroatoms. The number of anilines is 1. The molecular weight excluding hydrogens is 304 g/mol. The number of aliphatic imine (C=N–C) groups is 1. The maximum atomic E-state index is 5.92. The van der Waals surface area contributed by atoms with E-state index in [1.807, 2.05) is 54.6 Å². The number of rotatable bonds is 5. The fourth-order valence-electron chi connectivity index (χ4n) is 2.18. The number of hydrogen-bond donors (Lipinski definition) is 2. The van der Waals surface area contributed by atoms with Crippen molar-refractivity contribution in [2.75, 3.05) is 12.4 Å². The summed E-state index contributed by atoms with van der Waals surface area (Å²) in [7, 11) is 1.61. The van der Waals surface area contributed by atoms with Crippen LogP contribution in [0.3, 0.4) is 0 Å². The molecule has 1 heterocycles. The number of aromatic nitrogens is 1. The van der Waals surface area contributed by atoms with Crippen LogP contribution in [0.25, 0.3) is 11.5 Å². The van der Waals surface area contributed by atoms with Crippen LogP contribution < -0.4 is 15.8 Å². The Bertz CT molecular complexity index is 828. The van der Waals surface area contributed by atoms with Gasteiger partial charge in [0.25, 0.3) is 0 Å². The summed E-state index contributed by atoms with van der Waals surface area (Å²) in [4.78, 5) is 8.69. The van der Waals surface area contributed by atoms with Crippen LogP contribution in [0.15, 0.2) is 70.3 Å². The molecule has 0 amide bonds. The molecule has 24 heavy (non-hydrogen) atoms. The topological polar surface area (TPSA) is 85.7 Å². The van der Waals surface area contributed by atoms with Crippen molar-refractivity contribution in [2.45, 2.75) is 6.54 Å². The summed E-state index contributed by atoms with van der Waals surface area (Å²) in [6, 6.07) is 17.2. The third-order valence-electron chi connectivity index (χ3n) is 3.35. The zero-order valence-corrected chi connectivity index (χ0v) is 13.3. The predicted octanol–water partition coefficient (Wildman–Crippen LogP) is 3.28. The van der Waals surface area contributed by atoms with E-state index in [1.54, 1.807) is 13.4 Å². The third kappa shape index (κ3) is 3.73. The van der Waals surface area contributed by atoms with E-state index in [9.17, 15) is 0 Å². The lowest BCUT2D eigenvalue weighted by atomic mass is 10.2. The molecule has 3 N–H and O–H groups in total. The van der Waals surface area contributed by atoms with Gasteiger partial charge in [-0.2, -0.15) is 0 Å². The quantitative estimate of drug-likeness (QED) is 0.556. The second-order valence-corrected chi connectivity index (χ2v) is 5.04. The lowest BCUT2D eigenvalue weighted by molar-refractivity contribution is 0.417. The van der Waals surface area contributed by atoms with Crippen molar-refractivity contribution in [3.8, 4) is 17.2 Å². The molecule has 6 nitrogen and oxygen atoms in total. The molecule has 3 aromatic rings. The smallest absolute Gasteiger partial charge is 0.226 e. The van der Waals surface area contributed by atoms with Crippen LogP contribution in [0.5, 0.6) is 5.75 Å². The first-order chi connectivity index (χ1) is 11.8. The highest BCUT2D eigenvalue weighted by atomic mass is 16.5. The van der Waals surface area contributed by atoms with Crippen molar-refractivity contribution in [3.63, 3.8) is 0 Å². The SMILES string of the molecule is COc1ccccc1NC(N)=NCc1coc(-c2ccccc2)n1. The van der Waals surface area contributed by atoms with Gasteiger partial charge in [-0.1, -0.05) is 30.3 Å². The van der Waals surface area contributed by atoms with Gasteiger partial charge in [0.1, 0.15) is 17.7 Å². The van der Waals surface area contributed by atoms with Crippen molar-refractivity contribution in [2.24, 2.45) is 10.7 Å². The van der Waals surface area contributed by atoms with Crippen molar-refractivity contribution < 1.29 is 9.15 Å². The van der Waals surface area contributed by atoms with Gasteiger partial charge in [-0.15, -0.1) is 0 Å². The number of guanidine groups is 1. The molecule has 0 saturated carbocycles. The Morgan fingerprint density at radius 1 is 1.17 bits per heavy atom. The Hall–Kier alpha value is -3.28. The Morgan fingerprint density at radius 3 is 2.71 bits per heavy atom.